The number of amides is 2. The Hall–Kier alpha value is -2.13. The van der Waals surface area contributed by atoms with Gasteiger partial charge in [0.25, 0.3) is 5.91 Å². The molecular formula is C20H24F3N3O3. The van der Waals surface area contributed by atoms with Gasteiger partial charge in [-0.25, -0.2) is 0 Å². The number of hydrogen-bond donors (Lipinski definition) is 1. The van der Waals surface area contributed by atoms with E-state index in [1.54, 1.807) is 0 Å². The maximum Gasteiger partial charge on any atom is 0.416 e. The van der Waals surface area contributed by atoms with Crippen molar-refractivity contribution in [2.24, 2.45) is 0 Å². The van der Waals surface area contributed by atoms with Crippen LogP contribution in [0.1, 0.15) is 34.3 Å². The zero-order chi connectivity index (χ0) is 20.6. The molecular weight excluding hydrogens is 387 g/mol. The van der Waals surface area contributed by atoms with Crippen molar-refractivity contribution in [3.05, 3.63) is 34.9 Å². The first-order valence-corrected chi connectivity index (χ1v) is 9.92. The summed E-state index contributed by atoms with van der Waals surface area (Å²) in [6.45, 7) is 3.33. The number of ether oxygens (including phenoxy) is 1. The Morgan fingerprint density at radius 3 is 2.79 bits per heavy atom. The Kier molecular flexibility index (Phi) is 5.52. The van der Waals surface area contributed by atoms with Gasteiger partial charge in [0.1, 0.15) is 0 Å². The van der Waals surface area contributed by atoms with Gasteiger partial charge in [0.15, 0.2) is 0 Å². The minimum absolute atomic E-state index is 0.0205. The molecule has 29 heavy (non-hydrogen) atoms. The van der Waals surface area contributed by atoms with Crippen molar-refractivity contribution in [2.75, 3.05) is 39.4 Å². The number of carbonyl (C=O) groups excluding carboxylic acids is 2. The lowest BCUT2D eigenvalue weighted by molar-refractivity contribution is -0.137. The minimum Gasteiger partial charge on any atom is -0.380 e. The largest absolute Gasteiger partial charge is 0.416 e. The SMILES string of the molecule is O=C(CN1CCc2ccc(C(F)(F)F)cc2C1=O)NC1CCN(C2CCOC2)C1. The van der Waals surface area contributed by atoms with Crippen molar-refractivity contribution >= 4 is 11.8 Å². The van der Waals surface area contributed by atoms with Crippen LogP contribution >= 0.6 is 0 Å². The topological polar surface area (TPSA) is 61.9 Å². The van der Waals surface area contributed by atoms with Crippen molar-refractivity contribution in [1.29, 1.82) is 0 Å². The first-order valence-electron chi connectivity index (χ1n) is 9.92. The van der Waals surface area contributed by atoms with Gasteiger partial charge in [-0.15, -0.1) is 0 Å². The highest BCUT2D eigenvalue weighted by Gasteiger charge is 2.35. The average molecular weight is 411 g/mol. The third-order valence-corrected chi connectivity index (χ3v) is 5.95. The van der Waals surface area contributed by atoms with Crippen LogP contribution in [0.2, 0.25) is 0 Å². The molecule has 1 aromatic rings. The van der Waals surface area contributed by atoms with Crippen molar-refractivity contribution in [2.45, 2.75) is 37.5 Å². The van der Waals surface area contributed by atoms with E-state index in [-0.39, 0.29) is 24.1 Å². The standard InChI is InChI=1S/C20H24F3N3O3/c21-20(22,23)14-2-1-13-3-6-26(19(28)17(13)9-14)11-18(27)24-15-4-7-25(10-15)16-5-8-29-12-16/h1-2,9,15-16H,3-8,10-12H2,(H,24,27). The molecule has 9 heteroatoms. The Morgan fingerprint density at radius 1 is 1.24 bits per heavy atom. The van der Waals surface area contributed by atoms with Crippen LogP contribution in [-0.2, 0) is 22.1 Å². The number of carbonyl (C=O) groups is 2. The summed E-state index contributed by atoms with van der Waals surface area (Å²) in [5, 5.41) is 2.96. The fourth-order valence-corrected chi connectivity index (χ4v) is 4.34. The Balaban J connectivity index is 1.34. The smallest absolute Gasteiger partial charge is 0.380 e. The average Bonchev–Trinajstić information content (AvgIpc) is 3.34. The summed E-state index contributed by atoms with van der Waals surface area (Å²) in [6.07, 6.45) is -2.23. The van der Waals surface area contributed by atoms with Crippen molar-refractivity contribution < 1.29 is 27.5 Å². The maximum atomic E-state index is 13.0. The second-order valence-electron chi connectivity index (χ2n) is 7.91. The van der Waals surface area contributed by atoms with E-state index in [1.165, 1.54) is 11.0 Å². The van der Waals surface area contributed by atoms with E-state index in [0.717, 1.165) is 51.3 Å². The summed E-state index contributed by atoms with van der Waals surface area (Å²) in [7, 11) is 0. The van der Waals surface area contributed by atoms with Crippen LogP contribution in [0.3, 0.4) is 0 Å². The van der Waals surface area contributed by atoms with Gasteiger partial charge in [-0.1, -0.05) is 6.07 Å². The Bertz CT molecular complexity index is 793. The number of hydrogen-bond acceptors (Lipinski definition) is 4. The maximum absolute atomic E-state index is 13.0. The zero-order valence-corrected chi connectivity index (χ0v) is 16.0. The monoisotopic (exact) mass is 411 g/mol. The molecule has 2 atom stereocenters. The van der Waals surface area contributed by atoms with Crippen LogP contribution in [0.5, 0.6) is 0 Å². The van der Waals surface area contributed by atoms with E-state index < -0.39 is 17.6 Å². The molecule has 158 valence electrons. The lowest BCUT2D eigenvalue weighted by atomic mass is 9.96. The molecule has 0 spiro atoms. The summed E-state index contributed by atoms with van der Waals surface area (Å²) in [5.41, 5.74) is -0.227. The fourth-order valence-electron chi connectivity index (χ4n) is 4.34. The first-order chi connectivity index (χ1) is 13.8. The molecule has 0 bridgehead atoms. The molecule has 0 aliphatic carbocycles. The molecule has 6 nitrogen and oxygen atoms in total. The molecule has 1 aromatic carbocycles. The molecule has 2 unspecified atom stereocenters. The molecule has 2 amide bonds. The third kappa shape index (κ3) is 4.40. The van der Waals surface area contributed by atoms with Crippen molar-refractivity contribution in [1.82, 2.24) is 15.1 Å². The summed E-state index contributed by atoms with van der Waals surface area (Å²) >= 11 is 0. The lowest BCUT2D eigenvalue weighted by Gasteiger charge is -2.29. The number of nitrogens with one attached hydrogen (secondary N) is 1. The van der Waals surface area contributed by atoms with E-state index in [1.807, 2.05) is 0 Å². The highest BCUT2D eigenvalue weighted by atomic mass is 19.4. The minimum atomic E-state index is -4.51. The Morgan fingerprint density at radius 2 is 2.07 bits per heavy atom. The van der Waals surface area contributed by atoms with Gasteiger partial charge in [-0.2, -0.15) is 13.2 Å². The fraction of sp³-hybridized carbons (Fsp3) is 0.600. The third-order valence-electron chi connectivity index (χ3n) is 5.95. The molecule has 0 radical (unpaired) electrons. The van der Waals surface area contributed by atoms with Gasteiger partial charge in [-0.3, -0.25) is 14.5 Å². The number of alkyl halides is 3. The summed E-state index contributed by atoms with van der Waals surface area (Å²) in [4.78, 5) is 28.7. The second-order valence-corrected chi connectivity index (χ2v) is 7.91. The van der Waals surface area contributed by atoms with E-state index in [0.29, 0.717) is 24.6 Å². The number of benzene rings is 1. The highest BCUT2D eigenvalue weighted by Crippen LogP contribution is 2.32. The number of fused-ring (bicyclic) bond motifs is 1. The molecule has 2 saturated heterocycles. The first kappa shape index (κ1) is 20.2. The summed E-state index contributed by atoms with van der Waals surface area (Å²) < 4.78 is 44.3. The van der Waals surface area contributed by atoms with Crippen LogP contribution < -0.4 is 5.32 Å². The second kappa shape index (κ2) is 7.95. The quantitative estimate of drug-likeness (QED) is 0.819. The van der Waals surface area contributed by atoms with Gasteiger partial charge in [0.05, 0.1) is 18.7 Å². The summed E-state index contributed by atoms with van der Waals surface area (Å²) in [6, 6.07) is 3.66. The molecule has 2 fully saturated rings. The molecule has 3 aliphatic heterocycles. The van der Waals surface area contributed by atoms with Crippen LogP contribution in [0, 0.1) is 0 Å². The van der Waals surface area contributed by atoms with Gasteiger partial charge in [0.2, 0.25) is 5.91 Å². The van der Waals surface area contributed by atoms with Crippen molar-refractivity contribution in [3.63, 3.8) is 0 Å². The van der Waals surface area contributed by atoms with Gasteiger partial charge in [0, 0.05) is 43.9 Å². The number of rotatable bonds is 4. The molecule has 0 aromatic heterocycles. The van der Waals surface area contributed by atoms with E-state index in [2.05, 4.69) is 10.2 Å². The molecule has 3 heterocycles. The van der Waals surface area contributed by atoms with Gasteiger partial charge in [-0.05, 0) is 37.0 Å². The van der Waals surface area contributed by atoms with Crippen LogP contribution in [-0.4, -0.2) is 73.1 Å². The number of likely N-dealkylation sites (tertiary alicyclic amines) is 1. The predicted molar refractivity (Wildman–Crippen MR) is 98.4 cm³/mol. The molecule has 1 N–H and O–H groups in total. The molecule has 0 saturated carbocycles. The normalized spacial score (nSPS) is 25.3. The van der Waals surface area contributed by atoms with E-state index in [9.17, 15) is 22.8 Å². The van der Waals surface area contributed by atoms with Gasteiger partial charge < -0.3 is 15.0 Å². The van der Waals surface area contributed by atoms with Crippen LogP contribution in [0.25, 0.3) is 0 Å². The highest BCUT2D eigenvalue weighted by molar-refractivity contribution is 5.99. The van der Waals surface area contributed by atoms with Crippen molar-refractivity contribution in [3.8, 4) is 0 Å². The Labute approximate surface area is 167 Å². The van der Waals surface area contributed by atoms with E-state index in [4.69, 9.17) is 4.74 Å². The van der Waals surface area contributed by atoms with Crippen LogP contribution in [0.4, 0.5) is 13.2 Å². The van der Waals surface area contributed by atoms with Crippen LogP contribution in [0.15, 0.2) is 18.2 Å². The lowest BCUT2D eigenvalue weighted by Crippen LogP contribution is -2.47. The molecule has 4 rings (SSSR count). The number of halogens is 3. The van der Waals surface area contributed by atoms with E-state index >= 15 is 0 Å². The number of nitrogens with zero attached hydrogens (tertiary/aromatic N) is 2. The predicted octanol–water partition coefficient (Wildman–Crippen LogP) is 1.68. The molecule has 3 aliphatic rings. The van der Waals surface area contributed by atoms with Gasteiger partial charge >= 0.3 is 6.18 Å². The summed E-state index contributed by atoms with van der Waals surface area (Å²) in [5.74, 6) is -0.799. The zero-order valence-electron chi connectivity index (χ0n) is 16.0.